The van der Waals surface area contributed by atoms with Gasteiger partial charge >= 0.3 is 19.8 Å². The monoisotopic (exact) mass is 792 g/mol. The summed E-state index contributed by atoms with van der Waals surface area (Å²) >= 11 is 0. The summed E-state index contributed by atoms with van der Waals surface area (Å²) < 4.78 is 103. The molecule has 10 heteroatoms. The van der Waals surface area contributed by atoms with Crippen molar-refractivity contribution in [3.63, 3.8) is 0 Å². The first-order valence-corrected chi connectivity index (χ1v) is 21.8. The second-order valence-corrected chi connectivity index (χ2v) is 15.9. The highest BCUT2D eigenvalue weighted by atomic mass is 31.2. The van der Waals surface area contributed by atoms with Crippen molar-refractivity contribution in [2.45, 2.75) is 174 Å². The van der Waals surface area contributed by atoms with Crippen LogP contribution in [-0.4, -0.2) is 74.9 Å². The summed E-state index contributed by atoms with van der Waals surface area (Å²) in [7, 11) is 1.25. The van der Waals surface area contributed by atoms with E-state index in [1.165, 1.54) is 19.3 Å². The Morgan fingerprint density at radius 1 is 0.685 bits per heavy atom. The first-order chi connectivity index (χ1) is 29.4. The lowest BCUT2D eigenvalue weighted by Crippen LogP contribution is -2.37. The topological polar surface area (TPSA) is 108 Å². The molecule has 0 spiro atoms. The minimum Gasteiger partial charge on any atom is -0.462 e. The maximum absolute atomic E-state index is 12.7. The van der Waals surface area contributed by atoms with Gasteiger partial charge in [0, 0.05) is 25.2 Å². The molecule has 0 aromatic carbocycles. The highest BCUT2D eigenvalue weighted by Gasteiger charge is 2.27. The quantitative estimate of drug-likeness (QED) is 0.0216. The van der Waals surface area contributed by atoms with Crippen LogP contribution in [-0.2, 0) is 32.7 Å². The molecule has 0 amide bonds. The van der Waals surface area contributed by atoms with Gasteiger partial charge in [-0.15, -0.1) is 0 Å². The number of allylic oxidation sites excluding steroid dienone is 8. The molecule has 0 aliphatic heterocycles. The Hall–Kier alpha value is -2.03. The standard InChI is InChI=1S/C44H80NO8P/c1-6-8-10-12-14-16-18-20-21-22-23-25-27-29-31-33-35-37-44(47)53-42(41-52-54(48,49)51-39-38-45(3,4)5)40-50-43(46)36-34-32-30-28-26-24-19-17-15-13-11-9-7-2/h14,16,20-21,23,25,29,31,42H,6-13,15,17-19,22,24,26-28,30,32-41H2,1-5H3/p+1/b16-14-,21-20-,25-23-,31-29-/t42-/m1/s1/i2D3,7D2,9D2,11D2. The number of esters is 2. The predicted molar refractivity (Wildman–Crippen MR) is 224 cm³/mol. The molecular formula is C44H81NO8P+. The van der Waals surface area contributed by atoms with E-state index in [0.29, 0.717) is 43.1 Å². The molecular weight excluding hydrogens is 701 g/mol. The van der Waals surface area contributed by atoms with Gasteiger partial charge in [0.05, 0.1) is 27.7 Å². The van der Waals surface area contributed by atoms with Crippen LogP contribution in [0.2, 0.25) is 0 Å². The van der Waals surface area contributed by atoms with Crippen molar-refractivity contribution in [2.75, 3.05) is 47.5 Å². The third kappa shape index (κ3) is 39.7. The van der Waals surface area contributed by atoms with Crippen LogP contribution < -0.4 is 0 Å². The van der Waals surface area contributed by atoms with Gasteiger partial charge in [-0.25, -0.2) is 4.57 Å². The zero-order valence-electron chi connectivity index (χ0n) is 43.1. The molecule has 2 atom stereocenters. The number of phosphoric ester groups is 1. The highest BCUT2D eigenvalue weighted by molar-refractivity contribution is 7.47. The molecule has 54 heavy (non-hydrogen) atoms. The number of rotatable bonds is 38. The molecule has 0 saturated heterocycles. The van der Waals surface area contributed by atoms with Gasteiger partial charge in [0.2, 0.25) is 0 Å². The van der Waals surface area contributed by atoms with Crippen molar-refractivity contribution in [3.8, 4) is 0 Å². The molecule has 0 saturated carbocycles. The summed E-state index contributed by atoms with van der Waals surface area (Å²) in [5, 5.41) is 0. The largest absolute Gasteiger partial charge is 0.472 e. The number of nitrogens with zero attached hydrogens (tertiary/aromatic N) is 1. The van der Waals surface area contributed by atoms with E-state index in [1.54, 1.807) is 0 Å². The number of likely N-dealkylation sites (N-methyl/N-ethyl adjacent to an activating group) is 1. The number of phosphoric acid groups is 1. The molecule has 0 aromatic rings. The molecule has 0 bridgehead atoms. The van der Waals surface area contributed by atoms with Crippen LogP contribution in [0.1, 0.15) is 180 Å². The van der Waals surface area contributed by atoms with Crippen molar-refractivity contribution >= 4 is 19.8 Å². The predicted octanol–water partition coefficient (Wildman–Crippen LogP) is 11.9. The van der Waals surface area contributed by atoms with E-state index in [0.717, 1.165) is 64.2 Å². The maximum Gasteiger partial charge on any atom is 0.472 e. The fraction of sp³-hybridized carbons (Fsp3) is 0.773. The summed E-state index contributed by atoms with van der Waals surface area (Å²) in [5.41, 5.74) is 0. The fourth-order valence-corrected chi connectivity index (χ4v) is 5.76. The van der Waals surface area contributed by atoms with Gasteiger partial charge in [-0.1, -0.05) is 152 Å². The van der Waals surface area contributed by atoms with Crippen molar-refractivity contribution in [3.05, 3.63) is 48.6 Å². The summed E-state index contributed by atoms with van der Waals surface area (Å²) in [6.45, 7) is -1.52. The van der Waals surface area contributed by atoms with Crippen LogP contribution in [0, 0.1) is 0 Å². The zero-order chi connectivity index (χ0) is 47.9. The Balaban J connectivity index is 4.62. The normalized spacial score (nSPS) is 17.6. The van der Waals surface area contributed by atoms with E-state index in [2.05, 4.69) is 43.4 Å². The number of carbonyl (C=O) groups excluding carboxylic acids is 2. The van der Waals surface area contributed by atoms with Gasteiger partial charge in [0.15, 0.2) is 6.10 Å². The van der Waals surface area contributed by atoms with Crippen molar-refractivity contribution in [1.82, 2.24) is 0 Å². The molecule has 0 aliphatic rings. The molecule has 1 unspecified atom stereocenters. The first kappa shape index (κ1) is 37.5. The fourth-order valence-electron chi connectivity index (χ4n) is 5.02. The number of unbranched alkanes of at least 4 members (excludes halogenated alkanes) is 12. The van der Waals surface area contributed by atoms with Crippen LogP contribution in [0.3, 0.4) is 0 Å². The lowest BCUT2D eigenvalue weighted by Gasteiger charge is -2.24. The lowest BCUT2D eigenvalue weighted by atomic mass is 10.0. The third-order valence-corrected chi connectivity index (χ3v) is 9.20. The Labute approximate surface area is 343 Å². The van der Waals surface area contributed by atoms with Gasteiger partial charge < -0.3 is 18.9 Å². The molecule has 0 aliphatic carbocycles. The minimum atomic E-state index is -4.46. The van der Waals surface area contributed by atoms with Crippen LogP contribution in [0.25, 0.3) is 0 Å². The highest BCUT2D eigenvalue weighted by Crippen LogP contribution is 2.43. The Bertz CT molecular complexity index is 1420. The van der Waals surface area contributed by atoms with E-state index >= 15 is 0 Å². The third-order valence-electron chi connectivity index (χ3n) is 8.21. The van der Waals surface area contributed by atoms with Crippen molar-refractivity contribution in [1.29, 1.82) is 0 Å². The number of hydrogen-bond acceptors (Lipinski definition) is 7. The van der Waals surface area contributed by atoms with E-state index in [4.69, 9.17) is 30.9 Å². The average molecular weight is 792 g/mol. The average Bonchev–Trinajstić information content (AvgIpc) is 3.17. The molecule has 0 heterocycles. The number of quaternary nitrogens is 1. The molecule has 0 rings (SSSR count). The van der Waals surface area contributed by atoms with E-state index in [-0.39, 0.29) is 32.5 Å². The second kappa shape index (κ2) is 36.6. The van der Waals surface area contributed by atoms with Gasteiger partial charge in [-0.3, -0.25) is 18.6 Å². The smallest absolute Gasteiger partial charge is 0.462 e. The van der Waals surface area contributed by atoms with E-state index in [9.17, 15) is 19.0 Å². The molecule has 0 fully saturated rings. The Kier molecular flexibility index (Phi) is 25.4. The molecule has 314 valence electrons. The molecule has 9 nitrogen and oxygen atoms in total. The second-order valence-electron chi connectivity index (χ2n) is 14.5. The summed E-state index contributed by atoms with van der Waals surface area (Å²) in [5.74, 6) is -1.05. The van der Waals surface area contributed by atoms with Gasteiger partial charge in [-0.2, -0.15) is 0 Å². The van der Waals surface area contributed by atoms with Gasteiger partial charge in [0.1, 0.15) is 19.8 Å². The number of ether oxygens (including phenoxy) is 2. The summed E-state index contributed by atoms with van der Waals surface area (Å²) in [6, 6.07) is 0. The molecule has 0 aromatic heterocycles. The Morgan fingerprint density at radius 3 is 1.80 bits per heavy atom. The van der Waals surface area contributed by atoms with E-state index < -0.39 is 58.4 Å². The van der Waals surface area contributed by atoms with Gasteiger partial charge in [-0.05, 0) is 51.4 Å². The van der Waals surface area contributed by atoms with Crippen molar-refractivity contribution in [2.24, 2.45) is 0 Å². The summed E-state index contributed by atoms with van der Waals surface area (Å²) in [4.78, 5) is 35.4. The van der Waals surface area contributed by atoms with Crippen LogP contribution in [0.15, 0.2) is 48.6 Å². The van der Waals surface area contributed by atoms with Crippen molar-refractivity contribution < 1.29 is 54.4 Å². The van der Waals surface area contributed by atoms with Crippen LogP contribution in [0.4, 0.5) is 0 Å². The van der Waals surface area contributed by atoms with Crippen LogP contribution >= 0.6 is 7.82 Å². The SMILES string of the molecule is [2H]C([2H])([2H])C([2H])([2H])C([2H])([2H])C([2H])([2H])CCCCCCCCCCCC(=O)OC[C@H](COP(=O)(O)OCC[N+](C)(C)C)OC(=O)CCC/C=C\C/C=C\C/C=C\C/C=C\CCCCC. The van der Waals surface area contributed by atoms with Crippen LogP contribution in [0.5, 0.6) is 0 Å². The molecule has 0 radical (unpaired) electrons. The zero-order valence-corrected chi connectivity index (χ0v) is 35.0. The van der Waals surface area contributed by atoms with Gasteiger partial charge in [0.25, 0.3) is 0 Å². The maximum atomic E-state index is 12.7. The summed E-state index contributed by atoms with van der Waals surface area (Å²) in [6.07, 6.45) is 22.0. The number of hydrogen-bond donors (Lipinski definition) is 1. The number of carbonyl (C=O) groups is 2. The van der Waals surface area contributed by atoms with E-state index in [1.807, 2.05) is 33.3 Å². The molecule has 1 N–H and O–H groups in total. The minimum absolute atomic E-state index is 0.0326. The lowest BCUT2D eigenvalue weighted by molar-refractivity contribution is -0.870. The first-order valence-electron chi connectivity index (χ1n) is 24.8. The Morgan fingerprint density at radius 2 is 1.22 bits per heavy atom.